The molecular formula is C20H18N4O2. The molecule has 2 aromatic rings. The first-order valence-corrected chi connectivity index (χ1v) is 8.28. The lowest BCUT2D eigenvalue weighted by Crippen LogP contribution is -2.43. The highest BCUT2D eigenvalue weighted by Gasteiger charge is 2.31. The van der Waals surface area contributed by atoms with Crippen LogP contribution in [0.2, 0.25) is 0 Å². The number of carbonyl (C=O) groups is 1. The molecule has 1 amide bonds. The summed E-state index contributed by atoms with van der Waals surface area (Å²) in [4.78, 5) is 20.0. The molecule has 0 bridgehead atoms. The molecule has 1 aromatic carbocycles. The molecule has 2 N–H and O–H groups in total. The summed E-state index contributed by atoms with van der Waals surface area (Å²) in [5, 5.41) is 12.8. The molecule has 1 atom stereocenters. The number of aliphatic hydroxyl groups excluding tert-OH is 1. The van der Waals surface area contributed by atoms with Crippen molar-refractivity contribution >= 4 is 11.6 Å². The van der Waals surface area contributed by atoms with E-state index < -0.39 is 5.91 Å². The lowest BCUT2D eigenvalue weighted by molar-refractivity contribution is -0.135. The summed E-state index contributed by atoms with van der Waals surface area (Å²) in [7, 11) is 3.50. The standard InChI is InChI=1S/C20H18N4O2/c1-23-12-18(25)20(26)24(2)19(23)13-8-10-22-17(11-13)15-5-3-7-16-14(15)6-4-9-21-16/h3,5,7-8,10-12,19,21,25H,6H2,1-2H3. The molecule has 0 aliphatic carbocycles. The van der Waals surface area contributed by atoms with Gasteiger partial charge in [-0.25, -0.2) is 0 Å². The second-order valence-electron chi connectivity index (χ2n) is 6.38. The fraction of sp³-hybridized carbons (Fsp3) is 0.200. The van der Waals surface area contributed by atoms with Gasteiger partial charge in [0.25, 0.3) is 5.91 Å². The zero-order valence-corrected chi connectivity index (χ0v) is 14.5. The summed E-state index contributed by atoms with van der Waals surface area (Å²) >= 11 is 0. The minimum absolute atomic E-state index is 0.262. The van der Waals surface area contributed by atoms with Crippen LogP contribution in [0.3, 0.4) is 0 Å². The van der Waals surface area contributed by atoms with Gasteiger partial charge in [0.05, 0.1) is 11.4 Å². The highest BCUT2D eigenvalue weighted by Crippen LogP contribution is 2.33. The van der Waals surface area contributed by atoms with E-state index in [0.29, 0.717) is 6.42 Å². The number of nitrogens with one attached hydrogen (secondary N) is 1. The Labute approximate surface area is 151 Å². The van der Waals surface area contributed by atoms with Crippen molar-refractivity contribution in [2.24, 2.45) is 0 Å². The number of rotatable bonds is 2. The van der Waals surface area contributed by atoms with Crippen molar-refractivity contribution in [2.75, 3.05) is 19.4 Å². The van der Waals surface area contributed by atoms with Crippen molar-refractivity contribution in [3.8, 4) is 23.2 Å². The van der Waals surface area contributed by atoms with Gasteiger partial charge in [0.15, 0.2) is 5.76 Å². The third-order valence-electron chi connectivity index (χ3n) is 4.70. The zero-order valence-electron chi connectivity index (χ0n) is 14.5. The summed E-state index contributed by atoms with van der Waals surface area (Å²) in [6.45, 7) is 0. The van der Waals surface area contributed by atoms with Crippen LogP contribution in [0.5, 0.6) is 0 Å². The van der Waals surface area contributed by atoms with Crippen LogP contribution in [0.1, 0.15) is 17.3 Å². The van der Waals surface area contributed by atoms with Crippen LogP contribution in [0, 0.1) is 12.0 Å². The number of hydrogen-bond acceptors (Lipinski definition) is 5. The van der Waals surface area contributed by atoms with E-state index in [2.05, 4.69) is 22.3 Å². The average Bonchev–Trinajstić information content (AvgIpc) is 2.66. The number of aliphatic hydroxyl groups is 1. The van der Waals surface area contributed by atoms with E-state index in [0.717, 1.165) is 28.1 Å². The summed E-state index contributed by atoms with van der Waals surface area (Å²) < 4.78 is 0. The van der Waals surface area contributed by atoms with Gasteiger partial charge in [-0.3, -0.25) is 9.78 Å². The first kappa shape index (κ1) is 16.0. The number of aromatic nitrogens is 1. The van der Waals surface area contributed by atoms with Gasteiger partial charge >= 0.3 is 0 Å². The van der Waals surface area contributed by atoms with E-state index in [1.165, 1.54) is 11.1 Å². The second kappa shape index (κ2) is 6.12. The number of hydrogen-bond donors (Lipinski definition) is 2. The third kappa shape index (κ3) is 2.54. The van der Waals surface area contributed by atoms with Gasteiger partial charge in [-0.15, -0.1) is 0 Å². The smallest absolute Gasteiger partial charge is 0.291 e. The van der Waals surface area contributed by atoms with Gasteiger partial charge in [0, 0.05) is 44.5 Å². The molecule has 2 aliphatic heterocycles. The normalized spacial score (nSPS) is 18.5. The molecule has 0 saturated heterocycles. The molecule has 1 aromatic heterocycles. The Morgan fingerprint density at radius 3 is 3.00 bits per heavy atom. The molecule has 0 spiro atoms. The number of carbonyl (C=O) groups excluding carboxylic acids is 1. The fourth-order valence-corrected chi connectivity index (χ4v) is 3.48. The predicted molar refractivity (Wildman–Crippen MR) is 98.8 cm³/mol. The van der Waals surface area contributed by atoms with E-state index in [1.807, 2.05) is 42.3 Å². The highest BCUT2D eigenvalue weighted by atomic mass is 16.3. The van der Waals surface area contributed by atoms with Crippen molar-refractivity contribution in [3.63, 3.8) is 0 Å². The Morgan fingerprint density at radius 2 is 2.15 bits per heavy atom. The number of fused-ring (bicyclic) bond motifs is 1. The summed E-state index contributed by atoms with van der Waals surface area (Å²) in [5.74, 6) is 2.41. The SMILES string of the molecule is CN1C=C(O)C(=O)N(C)C1c1ccnc(-c2cccc3c2CC#CN3)c1. The zero-order chi connectivity index (χ0) is 18.3. The Balaban J connectivity index is 1.77. The molecule has 26 heavy (non-hydrogen) atoms. The summed E-state index contributed by atoms with van der Waals surface area (Å²) in [5.41, 5.74) is 4.90. The minimum Gasteiger partial charge on any atom is -0.502 e. The van der Waals surface area contributed by atoms with Crippen molar-refractivity contribution in [1.82, 2.24) is 14.8 Å². The lowest BCUT2D eigenvalue weighted by Gasteiger charge is -2.38. The van der Waals surface area contributed by atoms with Gasteiger partial charge < -0.3 is 20.2 Å². The Morgan fingerprint density at radius 1 is 1.31 bits per heavy atom. The van der Waals surface area contributed by atoms with Crippen LogP contribution < -0.4 is 5.32 Å². The fourth-order valence-electron chi connectivity index (χ4n) is 3.48. The van der Waals surface area contributed by atoms with Crippen molar-refractivity contribution in [1.29, 1.82) is 0 Å². The van der Waals surface area contributed by atoms with Gasteiger partial charge in [-0.1, -0.05) is 18.1 Å². The summed E-state index contributed by atoms with van der Waals surface area (Å²) in [6.07, 6.45) is 3.56. The van der Waals surface area contributed by atoms with E-state index in [-0.39, 0.29) is 11.9 Å². The molecule has 130 valence electrons. The topological polar surface area (TPSA) is 68.7 Å². The van der Waals surface area contributed by atoms with Gasteiger partial charge in [-0.2, -0.15) is 0 Å². The molecule has 6 nitrogen and oxygen atoms in total. The van der Waals surface area contributed by atoms with Crippen LogP contribution in [0.25, 0.3) is 11.3 Å². The van der Waals surface area contributed by atoms with Gasteiger partial charge in [0.1, 0.15) is 6.17 Å². The minimum atomic E-state index is -0.400. The first-order chi connectivity index (χ1) is 12.6. The van der Waals surface area contributed by atoms with Crippen molar-refractivity contribution < 1.29 is 9.90 Å². The van der Waals surface area contributed by atoms with Crippen molar-refractivity contribution in [2.45, 2.75) is 12.6 Å². The average molecular weight is 346 g/mol. The molecule has 0 fully saturated rings. The maximum absolute atomic E-state index is 12.1. The lowest BCUT2D eigenvalue weighted by atomic mass is 9.97. The van der Waals surface area contributed by atoms with Crippen LogP contribution in [0.4, 0.5) is 5.69 Å². The Bertz CT molecular complexity index is 987. The molecule has 0 saturated carbocycles. The molecule has 4 rings (SSSR count). The number of nitrogens with zero attached hydrogens (tertiary/aromatic N) is 3. The molecule has 6 heteroatoms. The largest absolute Gasteiger partial charge is 0.502 e. The quantitative estimate of drug-likeness (QED) is 0.818. The number of likely N-dealkylation sites (N-methyl/N-ethyl adjacent to an activating group) is 1. The maximum atomic E-state index is 12.1. The van der Waals surface area contributed by atoms with E-state index in [9.17, 15) is 9.90 Å². The molecular weight excluding hydrogens is 328 g/mol. The number of anilines is 1. The molecule has 1 unspecified atom stereocenters. The molecule has 3 heterocycles. The highest BCUT2D eigenvalue weighted by molar-refractivity contribution is 5.91. The van der Waals surface area contributed by atoms with Crippen molar-refractivity contribution in [3.05, 3.63) is 59.6 Å². The van der Waals surface area contributed by atoms with E-state index in [4.69, 9.17) is 0 Å². The predicted octanol–water partition coefficient (Wildman–Crippen LogP) is 2.48. The van der Waals surface area contributed by atoms with Gasteiger partial charge in [0.2, 0.25) is 0 Å². The number of pyridine rings is 1. The number of benzene rings is 1. The maximum Gasteiger partial charge on any atom is 0.291 e. The Hall–Kier alpha value is -3.46. The summed E-state index contributed by atoms with van der Waals surface area (Å²) in [6, 6.07) is 12.8. The monoisotopic (exact) mass is 346 g/mol. The third-order valence-corrected chi connectivity index (χ3v) is 4.70. The Kier molecular flexibility index (Phi) is 3.77. The second-order valence-corrected chi connectivity index (χ2v) is 6.38. The van der Waals surface area contributed by atoms with Crippen LogP contribution >= 0.6 is 0 Å². The van der Waals surface area contributed by atoms with Crippen LogP contribution in [0.15, 0.2) is 48.5 Å². The first-order valence-electron chi connectivity index (χ1n) is 8.28. The van der Waals surface area contributed by atoms with Gasteiger partial charge in [-0.05, 0) is 29.3 Å². The van der Waals surface area contributed by atoms with E-state index >= 15 is 0 Å². The van der Waals surface area contributed by atoms with E-state index in [1.54, 1.807) is 13.2 Å². The molecule has 2 aliphatic rings. The van der Waals surface area contributed by atoms with Crippen LogP contribution in [-0.2, 0) is 11.2 Å². The molecule has 0 radical (unpaired) electrons. The number of amides is 1. The van der Waals surface area contributed by atoms with Crippen LogP contribution in [-0.4, -0.2) is 39.9 Å².